The monoisotopic (exact) mass is 295 g/mol. The van der Waals surface area contributed by atoms with Gasteiger partial charge in [-0.1, -0.05) is 38.1 Å². The Kier molecular flexibility index (Phi) is 4.18. The van der Waals surface area contributed by atoms with E-state index in [1.807, 2.05) is 38.1 Å². The number of sulfonamides is 1. The van der Waals surface area contributed by atoms with E-state index in [0.29, 0.717) is 12.8 Å². The van der Waals surface area contributed by atoms with Crippen molar-refractivity contribution in [2.24, 2.45) is 5.92 Å². The maximum atomic E-state index is 12.1. The summed E-state index contributed by atoms with van der Waals surface area (Å²) < 4.78 is 26.4. The summed E-state index contributed by atoms with van der Waals surface area (Å²) in [6.45, 7) is 5.58. The highest BCUT2D eigenvalue weighted by atomic mass is 32.2. The fraction of sp³-hybridized carbons (Fsp3) is 0.533. The van der Waals surface area contributed by atoms with Gasteiger partial charge >= 0.3 is 0 Å². The molecule has 0 bridgehead atoms. The van der Waals surface area contributed by atoms with E-state index in [1.54, 1.807) is 6.92 Å². The van der Waals surface area contributed by atoms with Gasteiger partial charge in [0.05, 0.1) is 11.2 Å². The topological polar surface area (TPSA) is 63.2 Å². The number of hydrogen-bond donors (Lipinski definition) is 1. The fourth-order valence-electron chi connectivity index (χ4n) is 2.60. The van der Waals surface area contributed by atoms with Gasteiger partial charge in [0.25, 0.3) is 0 Å². The van der Waals surface area contributed by atoms with Crippen LogP contribution in [0.2, 0.25) is 0 Å². The van der Waals surface area contributed by atoms with Crippen molar-refractivity contribution < 1.29 is 13.2 Å². The van der Waals surface area contributed by atoms with E-state index in [-0.39, 0.29) is 11.8 Å². The lowest BCUT2D eigenvalue weighted by molar-refractivity contribution is -0.121. The van der Waals surface area contributed by atoms with E-state index >= 15 is 0 Å². The molecule has 0 fully saturated rings. The van der Waals surface area contributed by atoms with Crippen molar-refractivity contribution in [1.29, 1.82) is 0 Å². The van der Waals surface area contributed by atoms with E-state index in [4.69, 9.17) is 0 Å². The van der Waals surface area contributed by atoms with E-state index in [9.17, 15) is 13.2 Å². The summed E-state index contributed by atoms with van der Waals surface area (Å²) in [5, 5.41) is -0.554. The molecular formula is C15H21NO3S. The molecular weight excluding hydrogens is 274 g/mol. The smallest absolute Gasteiger partial charge is 0.241 e. The zero-order valence-electron chi connectivity index (χ0n) is 12.1. The molecule has 1 aliphatic rings. The number of carbonyl (C=O) groups is 1. The molecule has 1 aliphatic carbocycles. The third kappa shape index (κ3) is 3.03. The Morgan fingerprint density at radius 2 is 1.95 bits per heavy atom. The van der Waals surface area contributed by atoms with Crippen molar-refractivity contribution in [3.63, 3.8) is 0 Å². The summed E-state index contributed by atoms with van der Waals surface area (Å²) in [5.41, 5.74) is 2.07. The molecule has 4 nitrogen and oxygen atoms in total. The predicted octanol–water partition coefficient (Wildman–Crippen LogP) is 2.21. The van der Waals surface area contributed by atoms with Crippen LogP contribution in [-0.4, -0.2) is 19.6 Å². The van der Waals surface area contributed by atoms with Crippen LogP contribution in [0.5, 0.6) is 0 Å². The average molecular weight is 295 g/mol. The predicted molar refractivity (Wildman–Crippen MR) is 78.9 cm³/mol. The van der Waals surface area contributed by atoms with Crippen LogP contribution >= 0.6 is 0 Å². The van der Waals surface area contributed by atoms with Crippen molar-refractivity contribution in [2.75, 3.05) is 0 Å². The molecule has 20 heavy (non-hydrogen) atoms. The summed E-state index contributed by atoms with van der Waals surface area (Å²) in [6.07, 6.45) is 1.17. The SMILES string of the molecule is CC(C)C[C@@H](C)S(=O)(=O)NC(=O)[C@H]1Cc2ccccc21. The first-order valence-corrected chi connectivity index (χ1v) is 8.49. The van der Waals surface area contributed by atoms with Crippen LogP contribution in [0.1, 0.15) is 44.2 Å². The molecule has 0 aliphatic heterocycles. The van der Waals surface area contributed by atoms with Gasteiger partial charge in [-0.15, -0.1) is 0 Å². The van der Waals surface area contributed by atoms with E-state index in [1.165, 1.54) is 0 Å². The van der Waals surface area contributed by atoms with Crippen LogP contribution in [0.4, 0.5) is 0 Å². The van der Waals surface area contributed by atoms with Gasteiger partial charge in [0.15, 0.2) is 0 Å². The highest BCUT2D eigenvalue weighted by Crippen LogP contribution is 2.35. The third-order valence-corrected chi connectivity index (χ3v) is 5.48. The van der Waals surface area contributed by atoms with Crippen LogP contribution in [0.3, 0.4) is 0 Å². The maximum absolute atomic E-state index is 12.1. The molecule has 0 radical (unpaired) electrons. The molecule has 110 valence electrons. The molecule has 0 unspecified atom stereocenters. The molecule has 1 N–H and O–H groups in total. The lowest BCUT2D eigenvalue weighted by Gasteiger charge is -2.29. The quantitative estimate of drug-likeness (QED) is 0.906. The Balaban J connectivity index is 2.03. The Labute approximate surface area is 120 Å². The number of carbonyl (C=O) groups excluding carboxylic acids is 1. The van der Waals surface area contributed by atoms with Crippen LogP contribution in [0.15, 0.2) is 24.3 Å². The summed E-state index contributed by atoms with van der Waals surface area (Å²) >= 11 is 0. The van der Waals surface area contributed by atoms with Crippen molar-refractivity contribution in [3.8, 4) is 0 Å². The normalized spacial score (nSPS) is 19.1. The van der Waals surface area contributed by atoms with Crippen LogP contribution in [-0.2, 0) is 21.2 Å². The molecule has 0 aromatic heterocycles. The molecule has 1 amide bonds. The fourth-order valence-corrected chi connectivity index (χ4v) is 3.86. The average Bonchev–Trinajstić information content (AvgIpc) is 2.29. The summed E-state index contributed by atoms with van der Waals surface area (Å²) in [6, 6.07) is 7.64. The maximum Gasteiger partial charge on any atom is 0.241 e. The van der Waals surface area contributed by atoms with Gasteiger partial charge in [0.1, 0.15) is 0 Å². The van der Waals surface area contributed by atoms with E-state index < -0.39 is 21.2 Å². The number of amides is 1. The molecule has 5 heteroatoms. The Morgan fingerprint density at radius 3 is 2.55 bits per heavy atom. The van der Waals surface area contributed by atoms with Crippen molar-refractivity contribution in [3.05, 3.63) is 35.4 Å². The van der Waals surface area contributed by atoms with Gasteiger partial charge in [-0.3, -0.25) is 9.52 Å². The van der Waals surface area contributed by atoms with Gasteiger partial charge in [-0.05, 0) is 36.8 Å². The number of rotatable bonds is 5. The van der Waals surface area contributed by atoms with Gasteiger partial charge < -0.3 is 0 Å². The molecule has 0 spiro atoms. The Hall–Kier alpha value is -1.36. The second-order valence-electron chi connectivity index (χ2n) is 5.91. The number of hydrogen-bond acceptors (Lipinski definition) is 3. The van der Waals surface area contributed by atoms with Crippen molar-refractivity contribution >= 4 is 15.9 Å². The molecule has 1 aromatic carbocycles. The van der Waals surface area contributed by atoms with Crippen LogP contribution in [0, 0.1) is 5.92 Å². The molecule has 2 rings (SSSR count). The molecule has 0 heterocycles. The largest absolute Gasteiger partial charge is 0.273 e. The van der Waals surface area contributed by atoms with Crippen LogP contribution in [0.25, 0.3) is 0 Å². The molecule has 2 atom stereocenters. The van der Waals surface area contributed by atoms with Crippen molar-refractivity contribution in [2.45, 2.75) is 44.8 Å². The lowest BCUT2D eigenvalue weighted by atomic mass is 9.77. The van der Waals surface area contributed by atoms with Gasteiger partial charge in [0.2, 0.25) is 15.9 Å². The third-order valence-electron chi connectivity index (χ3n) is 3.75. The van der Waals surface area contributed by atoms with Gasteiger partial charge in [-0.2, -0.15) is 0 Å². The van der Waals surface area contributed by atoms with Gasteiger partial charge in [0, 0.05) is 0 Å². The molecule has 0 saturated carbocycles. The zero-order chi connectivity index (χ0) is 14.9. The van der Waals surface area contributed by atoms with Crippen LogP contribution < -0.4 is 4.72 Å². The molecule has 0 saturated heterocycles. The van der Waals surface area contributed by atoms with E-state index in [0.717, 1.165) is 11.1 Å². The summed E-state index contributed by atoms with van der Waals surface area (Å²) in [5.74, 6) is -0.451. The Morgan fingerprint density at radius 1 is 1.30 bits per heavy atom. The molecule has 1 aromatic rings. The summed E-state index contributed by atoms with van der Waals surface area (Å²) in [7, 11) is -3.58. The first kappa shape index (κ1) is 15.0. The lowest BCUT2D eigenvalue weighted by Crippen LogP contribution is -2.42. The highest BCUT2D eigenvalue weighted by Gasteiger charge is 2.35. The van der Waals surface area contributed by atoms with Crippen molar-refractivity contribution in [1.82, 2.24) is 4.72 Å². The standard InChI is InChI=1S/C15H21NO3S/c1-10(2)8-11(3)20(18,19)16-15(17)14-9-12-6-4-5-7-13(12)14/h4-7,10-11,14H,8-9H2,1-3H3,(H,16,17)/t11-,14+/m1/s1. The Bertz CT molecular complexity index is 607. The first-order valence-electron chi connectivity index (χ1n) is 6.94. The minimum absolute atomic E-state index is 0.279. The zero-order valence-corrected chi connectivity index (χ0v) is 12.9. The van der Waals surface area contributed by atoms with E-state index in [2.05, 4.69) is 4.72 Å². The second-order valence-corrected chi connectivity index (χ2v) is 8.01. The number of fused-ring (bicyclic) bond motifs is 1. The number of benzene rings is 1. The van der Waals surface area contributed by atoms with Gasteiger partial charge in [-0.25, -0.2) is 8.42 Å². The minimum Gasteiger partial charge on any atom is -0.273 e. The minimum atomic E-state index is -3.58. The first-order chi connectivity index (χ1) is 9.31. The highest BCUT2D eigenvalue weighted by molar-refractivity contribution is 7.90. The summed E-state index contributed by atoms with van der Waals surface area (Å²) in [4.78, 5) is 12.1. The second kappa shape index (κ2) is 5.56. The number of nitrogens with one attached hydrogen (secondary N) is 1.